The normalized spacial score (nSPS) is 33.9. The number of esters is 1. The molecule has 0 bridgehead atoms. The maximum Gasteiger partial charge on any atom is 0.323 e. The summed E-state index contributed by atoms with van der Waals surface area (Å²) >= 11 is 0. The number of cyclic esters (lactones) is 1. The van der Waals surface area contributed by atoms with Crippen LogP contribution in [-0.4, -0.2) is 61.6 Å². The Morgan fingerprint density at radius 1 is 1.33 bits per heavy atom. The zero-order valence-electron chi connectivity index (χ0n) is 12.5. The van der Waals surface area contributed by atoms with Crippen LogP contribution in [0.4, 0.5) is 0 Å². The molecule has 0 aromatic heterocycles. The number of hydrogen-bond donors (Lipinski definition) is 2. The molecule has 0 saturated carbocycles. The molecule has 0 aliphatic carbocycles. The van der Waals surface area contributed by atoms with Gasteiger partial charge in [0.1, 0.15) is 6.04 Å². The first-order chi connectivity index (χ1) is 10.2. The fraction of sp³-hybridized carbons (Fsp3) is 0.867. The van der Waals surface area contributed by atoms with Gasteiger partial charge in [0.05, 0.1) is 12.6 Å². The number of ether oxygens (including phenoxy) is 1. The number of rotatable bonds is 4. The van der Waals surface area contributed by atoms with E-state index in [0.29, 0.717) is 12.5 Å². The van der Waals surface area contributed by atoms with Gasteiger partial charge in [-0.2, -0.15) is 0 Å². The molecule has 3 atom stereocenters. The van der Waals surface area contributed by atoms with E-state index < -0.39 is 0 Å². The summed E-state index contributed by atoms with van der Waals surface area (Å²) in [7, 11) is 0. The van der Waals surface area contributed by atoms with Crippen LogP contribution in [0.25, 0.3) is 0 Å². The predicted molar refractivity (Wildman–Crippen MR) is 77.7 cm³/mol. The molecule has 0 aromatic rings. The first-order valence-corrected chi connectivity index (χ1v) is 8.16. The lowest BCUT2D eigenvalue weighted by Crippen LogP contribution is -2.48. The highest BCUT2D eigenvalue weighted by molar-refractivity contribution is 5.82. The van der Waals surface area contributed by atoms with E-state index in [4.69, 9.17) is 4.74 Å². The fourth-order valence-corrected chi connectivity index (χ4v) is 3.64. The molecule has 3 fully saturated rings. The molecular weight excluding hydrogens is 270 g/mol. The van der Waals surface area contributed by atoms with Gasteiger partial charge in [-0.1, -0.05) is 0 Å². The molecule has 0 spiro atoms. The van der Waals surface area contributed by atoms with Crippen LogP contribution in [0, 0.1) is 5.92 Å². The highest BCUT2D eigenvalue weighted by atomic mass is 16.5. The standard InChI is InChI=1S/C15H25N3O3/c19-14(12-4-1-6-16-12)17-9-11-3-2-7-18(10-11)13-5-8-21-15(13)20/h11-13,16H,1-10H2,(H,17,19). The summed E-state index contributed by atoms with van der Waals surface area (Å²) < 4.78 is 5.06. The van der Waals surface area contributed by atoms with E-state index in [-0.39, 0.29) is 24.0 Å². The van der Waals surface area contributed by atoms with Gasteiger partial charge < -0.3 is 15.4 Å². The zero-order chi connectivity index (χ0) is 14.7. The zero-order valence-corrected chi connectivity index (χ0v) is 12.5. The van der Waals surface area contributed by atoms with Crippen molar-refractivity contribution in [2.75, 3.05) is 32.8 Å². The summed E-state index contributed by atoms with van der Waals surface area (Å²) in [5.41, 5.74) is 0. The summed E-state index contributed by atoms with van der Waals surface area (Å²) in [5.74, 6) is 0.497. The van der Waals surface area contributed by atoms with Crippen LogP contribution in [0.15, 0.2) is 0 Å². The third-order valence-electron chi connectivity index (χ3n) is 4.84. The van der Waals surface area contributed by atoms with Crippen molar-refractivity contribution in [3.8, 4) is 0 Å². The van der Waals surface area contributed by atoms with Gasteiger partial charge in [-0.25, -0.2) is 0 Å². The third kappa shape index (κ3) is 3.55. The van der Waals surface area contributed by atoms with E-state index in [1.807, 2.05) is 0 Å². The van der Waals surface area contributed by atoms with Gasteiger partial charge in [-0.3, -0.25) is 14.5 Å². The molecule has 3 saturated heterocycles. The molecule has 2 N–H and O–H groups in total. The van der Waals surface area contributed by atoms with Crippen LogP contribution in [-0.2, 0) is 14.3 Å². The maximum absolute atomic E-state index is 12.0. The van der Waals surface area contributed by atoms with Crippen molar-refractivity contribution in [2.45, 2.75) is 44.2 Å². The Kier molecular flexibility index (Phi) is 4.75. The van der Waals surface area contributed by atoms with Crippen LogP contribution >= 0.6 is 0 Å². The van der Waals surface area contributed by atoms with Crippen molar-refractivity contribution in [3.05, 3.63) is 0 Å². The summed E-state index contributed by atoms with van der Waals surface area (Å²) in [6, 6.07) is -0.0606. The van der Waals surface area contributed by atoms with Gasteiger partial charge in [-0.15, -0.1) is 0 Å². The minimum absolute atomic E-state index is 0.00509. The van der Waals surface area contributed by atoms with Gasteiger partial charge in [0.2, 0.25) is 5.91 Å². The molecule has 3 aliphatic heterocycles. The number of amides is 1. The number of nitrogens with zero attached hydrogens (tertiary/aromatic N) is 1. The molecule has 6 nitrogen and oxygen atoms in total. The van der Waals surface area contributed by atoms with Gasteiger partial charge >= 0.3 is 5.97 Å². The van der Waals surface area contributed by atoms with Gasteiger partial charge in [0.15, 0.2) is 0 Å². The SMILES string of the molecule is O=C(NCC1CCCN(C2CCOC2=O)C1)C1CCCN1. The Morgan fingerprint density at radius 2 is 2.24 bits per heavy atom. The van der Waals surface area contributed by atoms with Crippen molar-refractivity contribution in [1.29, 1.82) is 0 Å². The Balaban J connectivity index is 1.45. The van der Waals surface area contributed by atoms with E-state index in [1.165, 1.54) is 0 Å². The number of likely N-dealkylation sites (tertiary alicyclic amines) is 1. The number of hydrogen-bond acceptors (Lipinski definition) is 5. The minimum Gasteiger partial charge on any atom is -0.464 e. The summed E-state index contributed by atoms with van der Waals surface area (Å²) in [4.78, 5) is 25.9. The van der Waals surface area contributed by atoms with E-state index in [0.717, 1.165) is 58.3 Å². The van der Waals surface area contributed by atoms with E-state index >= 15 is 0 Å². The van der Waals surface area contributed by atoms with E-state index in [9.17, 15) is 9.59 Å². The molecule has 1 amide bonds. The van der Waals surface area contributed by atoms with Gasteiger partial charge in [-0.05, 0) is 44.7 Å². The highest BCUT2D eigenvalue weighted by Gasteiger charge is 2.35. The summed E-state index contributed by atoms with van der Waals surface area (Å²) in [5, 5.41) is 6.29. The lowest BCUT2D eigenvalue weighted by molar-refractivity contribution is -0.143. The number of carbonyl (C=O) groups is 2. The number of nitrogens with one attached hydrogen (secondary N) is 2. The average molecular weight is 295 g/mol. The number of carbonyl (C=O) groups excluding carboxylic acids is 2. The monoisotopic (exact) mass is 295 g/mol. The lowest BCUT2D eigenvalue weighted by Gasteiger charge is -2.35. The Labute approximate surface area is 125 Å². The first kappa shape index (κ1) is 14.8. The van der Waals surface area contributed by atoms with Crippen molar-refractivity contribution in [3.63, 3.8) is 0 Å². The molecule has 3 heterocycles. The van der Waals surface area contributed by atoms with E-state index in [1.54, 1.807) is 0 Å². The van der Waals surface area contributed by atoms with Crippen LogP contribution in [0.5, 0.6) is 0 Å². The average Bonchev–Trinajstić information content (AvgIpc) is 3.16. The van der Waals surface area contributed by atoms with Gasteiger partial charge in [0.25, 0.3) is 0 Å². The van der Waals surface area contributed by atoms with Crippen molar-refractivity contribution in [2.24, 2.45) is 5.92 Å². The third-order valence-corrected chi connectivity index (χ3v) is 4.84. The highest BCUT2D eigenvalue weighted by Crippen LogP contribution is 2.22. The Morgan fingerprint density at radius 3 is 2.95 bits per heavy atom. The largest absolute Gasteiger partial charge is 0.464 e. The van der Waals surface area contributed by atoms with Crippen molar-refractivity contribution < 1.29 is 14.3 Å². The van der Waals surface area contributed by atoms with Crippen LogP contribution in [0.3, 0.4) is 0 Å². The summed E-state index contributed by atoms with van der Waals surface area (Å²) in [6.45, 7) is 4.07. The first-order valence-electron chi connectivity index (χ1n) is 8.16. The molecule has 21 heavy (non-hydrogen) atoms. The minimum atomic E-state index is -0.0742. The second-order valence-electron chi connectivity index (χ2n) is 6.37. The molecule has 3 rings (SSSR count). The number of piperidine rings is 1. The molecule has 6 heteroatoms. The molecule has 0 radical (unpaired) electrons. The maximum atomic E-state index is 12.0. The predicted octanol–water partition coefficient (Wildman–Crippen LogP) is -0.118. The van der Waals surface area contributed by atoms with Crippen molar-refractivity contribution in [1.82, 2.24) is 15.5 Å². The molecule has 0 aromatic carbocycles. The summed E-state index contributed by atoms with van der Waals surface area (Å²) in [6.07, 6.45) is 5.04. The van der Waals surface area contributed by atoms with E-state index in [2.05, 4.69) is 15.5 Å². The second-order valence-corrected chi connectivity index (χ2v) is 6.37. The Bertz CT molecular complexity index is 396. The lowest BCUT2D eigenvalue weighted by atomic mass is 9.96. The fourth-order valence-electron chi connectivity index (χ4n) is 3.64. The quantitative estimate of drug-likeness (QED) is 0.708. The smallest absolute Gasteiger partial charge is 0.323 e. The molecular formula is C15H25N3O3. The second kappa shape index (κ2) is 6.75. The molecule has 3 unspecified atom stereocenters. The van der Waals surface area contributed by atoms with Crippen LogP contribution in [0.2, 0.25) is 0 Å². The van der Waals surface area contributed by atoms with Gasteiger partial charge in [0, 0.05) is 19.5 Å². The Hall–Kier alpha value is -1.14. The van der Waals surface area contributed by atoms with Crippen LogP contribution in [0.1, 0.15) is 32.1 Å². The topological polar surface area (TPSA) is 70.7 Å². The molecule has 118 valence electrons. The molecule has 3 aliphatic rings. The van der Waals surface area contributed by atoms with Crippen LogP contribution < -0.4 is 10.6 Å². The van der Waals surface area contributed by atoms with Crippen molar-refractivity contribution >= 4 is 11.9 Å².